The zero-order chi connectivity index (χ0) is 12.3. The SMILES string of the molecule is COC(C)Cc1nc(Cl)cc(C2CCCC2)n1. The first-order valence-corrected chi connectivity index (χ1v) is 6.63. The lowest BCUT2D eigenvalue weighted by Crippen LogP contribution is -2.13. The summed E-state index contributed by atoms with van der Waals surface area (Å²) in [6, 6.07) is 1.92. The third kappa shape index (κ3) is 3.39. The Hall–Kier alpha value is -0.670. The standard InChI is InChI=1S/C13H19ClN2O/c1-9(17-2)7-13-15-11(8-12(14)16-13)10-5-3-4-6-10/h8-10H,3-7H2,1-2H3. The van der Waals surface area contributed by atoms with Crippen molar-refractivity contribution in [2.24, 2.45) is 0 Å². The minimum absolute atomic E-state index is 0.130. The summed E-state index contributed by atoms with van der Waals surface area (Å²) in [7, 11) is 1.70. The van der Waals surface area contributed by atoms with Gasteiger partial charge in [0.1, 0.15) is 11.0 Å². The van der Waals surface area contributed by atoms with Crippen LogP contribution in [-0.2, 0) is 11.2 Å². The van der Waals surface area contributed by atoms with Crippen molar-refractivity contribution in [2.45, 2.75) is 51.0 Å². The van der Waals surface area contributed by atoms with Gasteiger partial charge in [0.05, 0.1) is 6.10 Å². The van der Waals surface area contributed by atoms with E-state index in [2.05, 4.69) is 9.97 Å². The first kappa shape index (κ1) is 12.8. The van der Waals surface area contributed by atoms with Crippen molar-refractivity contribution in [3.8, 4) is 0 Å². The van der Waals surface area contributed by atoms with Gasteiger partial charge in [-0.3, -0.25) is 0 Å². The first-order chi connectivity index (χ1) is 8.19. The van der Waals surface area contributed by atoms with E-state index in [0.29, 0.717) is 11.1 Å². The van der Waals surface area contributed by atoms with Gasteiger partial charge in [0.15, 0.2) is 0 Å². The number of nitrogens with zero attached hydrogens (tertiary/aromatic N) is 2. The molecule has 0 saturated heterocycles. The van der Waals surface area contributed by atoms with E-state index in [9.17, 15) is 0 Å². The van der Waals surface area contributed by atoms with Gasteiger partial charge in [0.25, 0.3) is 0 Å². The molecule has 1 aromatic rings. The monoisotopic (exact) mass is 254 g/mol. The fourth-order valence-corrected chi connectivity index (χ4v) is 2.56. The van der Waals surface area contributed by atoms with Gasteiger partial charge >= 0.3 is 0 Å². The van der Waals surface area contributed by atoms with Gasteiger partial charge in [-0.05, 0) is 25.8 Å². The quantitative estimate of drug-likeness (QED) is 0.773. The van der Waals surface area contributed by atoms with Gasteiger partial charge in [-0.15, -0.1) is 0 Å². The van der Waals surface area contributed by atoms with Crippen LogP contribution in [0.3, 0.4) is 0 Å². The highest BCUT2D eigenvalue weighted by Gasteiger charge is 2.20. The zero-order valence-corrected chi connectivity index (χ0v) is 11.2. The maximum Gasteiger partial charge on any atom is 0.133 e. The van der Waals surface area contributed by atoms with E-state index < -0.39 is 0 Å². The topological polar surface area (TPSA) is 35.0 Å². The van der Waals surface area contributed by atoms with E-state index in [1.54, 1.807) is 7.11 Å². The van der Waals surface area contributed by atoms with Gasteiger partial charge in [-0.25, -0.2) is 9.97 Å². The van der Waals surface area contributed by atoms with Crippen molar-refractivity contribution < 1.29 is 4.74 Å². The lowest BCUT2D eigenvalue weighted by atomic mass is 10.0. The molecule has 1 heterocycles. The number of rotatable bonds is 4. The van der Waals surface area contributed by atoms with E-state index in [0.717, 1.165) is 17.9 Å². The van der Waals surface area contributed by atoms with Crippen molar-refractivity contribution >= 4 is 11.6 Å². The molecule has 1 aliphatic carbocycles. The van der Waals surface area contributed by atoms with Crippen LogP contribution < -0.4 is 0 Å². The Labute approximate surface area is 108 Å². The van der Waals surface area contributed by atoms with Gasteiger partial charge in [0, 0.05) is 25.1 Å². The Kier molecular flexibility index (Phi) is 4.35. The summed E-state index contributed by atoms with van der Waals surface area (Å²) >= 11 is 6.06. The van der Waals surface area contributed by atoms with Gasteiger partial charge in [-0.2, -0.15) is 0 Å². The highest BCUT2D eigenvalue weighted by atomic mass is 35.5. The lowest BCUT2D eigenvalue weighted by molar-refractivity contribution is 0.117. The Balaban J connectivity index is 2.16. The third-order valence-electron chi connectivity index (χ3n) is 3.41. The molecule has 0 aliphatic heterocycles. The summed E-state index contributed by atoms with van der Waals surface area (Å²) < 4.78 is 5.24. The molecule has 94 valence electrons. The molecule has 1 aromatic heterocycles. The largest absolute Gasteiger partial charge is 0.381 e. The maximum absolute atomic E-state index is 6.06. The fourth-order valence-electron chi connectivity index (χ4n) is 2.35. The molecule has 0 spiro atoms. The summed E-state index contributed by atoms with van der Waals surface area (Å²) in [5.74, 6) is 1.38. The van der Waals surface area contributed by atoms with Gasteiger partial charge in [0.2, 0.25) is 0 Å². The van der Waals surface area contributed by atoms with E-state index >= 15 is 0 Å². The van der Waals surface area contributed by atoms with Crippen molar-refractivity contribution in [3.05, 3.63) is 22.7 Å². The van der Waals surface area contributed by atoms with Crippen LogP contribution in [0.5, 0.6) is 0 Å². The summed E-state index contributed by atoms with van der Waals surface area (Å²) in [5.41, 5.74) is 1.11. The molecule has 0 radical (unpaired) electrons. The van der Waals surface area contributed by atoms with E-state index in [-0.39, 0.29) is 6.10 Å². The minimum Gasteiger partial charge on any atom is -0.381 e. The van der Waals surface area contributed by atoms with Crippen LogP contribution in [0, 0.1) is 0 Å². The Morgan fingerprint density at radius 3 is 2.76 bits per heavy atom. The zero-order valence-electron chi connectivity index (χ0n) is 10.4. The average Bonchev–Trinajstić information content (AvgIpc) is 2.81. The lowest BCUT2D eigenvalue weighted by Gasteiger charge is -2.12. The molecular formula is C13H19ClN2O. The smallest absolute Gasteiger partial charge is 0.133 e. The van der Waals surface area contributed by atoms with Crippen molar-refractivity contribution in [2.75, 3.05) is 7.11 Å². The molecule has 17 heavy (non-hydrogen) atoms. The molecule has 3 nitrogen and oxygen atoms in total. The van der Waals surface area contributed by atoms with Crippen molar-refractivity contribution in [3.63, 3.8) is 0 Å². The second kappa shape index (κ2) is 5.78. The molecule has 1 unspecified atom stereocenters. The van der Waals surface area contributed by atoms with Crippen LogP contribution >= 0.6 is 11.6 Å². The van der Waals surface area contributed by atoms with Crippen LogP contribution in [0.2, 0.25) is 5.15 Å². The highest BCUT2D eigenvalue weighted by molar-refractivity contribution is 6.29. The molecule has 0 bridgehead atoms. The predicted octanol–water partition coefficient (Wildman–Crippen LogP) is 3.37. The van der Waals surface area contributed by atoms with E-state index in [4.69, 9.17) is 16.3 Å². The van der Waals surface area contributed by atoms with Gasteiger partial charge in [-0.1, -0.05) is 24.4 Å². The number of methoxy groups -OCH3 is 1. The average molecular weight is 255 g/mol. The number of ether oxygens (including phenoxy) is 1. The Morgan fingerprint density at radius 2 is 2.12 bits per heavy atom. The second-order valence-corrected chi connectivity index (χ2v) is 5.15. The Bertz CT molecular complexity index is 378. The first-order valence-electron chi connectivity index (χ1n) is 6.25. The van der Waals surface area contributed by atoms with Crippen LogP contribution in [0.1, 0.15) is 50.0 Å². The molecule has 4 heteroatoms. The molecular weight excluding hydrogens is 236 g/mol. The molecule has 1 saturated carbocycles. The summed E-state index contributed by atoms with van der Waals surface area (Å²) in [6.07, 6.45) is 5.91. The molecule has 0 amide bonds. The molecule has 1 fully saturated rings. The summed E-state index contributed by atoms with van der Waals surface area (Å²) in [4.78, 5) is 8.90. The summed E-state index contributed by atoms with van der Waals surface area (Å²) in [6.45, 7) is 2.01. The number of hydrogen-bond acceptors (Lipinski definition) is 3. The molecule has 1 atom stereocenters. The number of halogens is 1. The van der Waals surface area contributed by atoms with Crippen LogP contribution in [0.4, 0.5) is 0 Å². The molecule has 0 aromatic carbocycles. The summed E-state index contributed by atoms with van der Waals surface area (Å²) in [5, 5.41) is 0.556. The maximum atomic E-state index is 6.06. The number of hydrogen-bond donors (Lipinski definition) is 0. The molecule has 1 aliphatic rings. The second-order valence-electron chi connectivity index (χ2n) is 4.76. The fraction of sp³-hybridized carbons (Fsp3) is 0.692. The highest BCUT2D eigenvalue weighted by Crippen LogP contribution is 2.33. The van der Waals surface area contributed by atoms with E-state index in [1.807, 2.05) is 13.0 Å². The van der Waals surface area contributed by atoms with Crippen molar-refractivity contribution in [1.29, 1.82) is 0 Å². The predicted molar refractivity (Wildman–Crippen MR) is 68.4 cm³/mol. The minimum atomic E-state index is 0.130. The Morgan fingerprint density at radius 1 is 1.41 bits per heavy atom. The number of aromatic nitrogens is 2. The normalized spacial score (nSPS) is 18.5. The third-order valence-corrected chi connectivity index (χ3v) is 3.60. The van der Waals surface area contributed by atoms with Crippen LogP contribution in [0.25, 0.3) is 0 Å². The van der Waals surface area contributed by atoms with E-state index in [1.165, 1.54) is 25.7 Å². The molecule has 2 rings (SSSR count). The van der Waals surface area contributed by atoms with Crippen LogP contribution in [0.15, 0.2) is 6.07 Å². The van der Waals surface area contributed by atoms with Crippen LogP contribution in [-0.4, -0.2) is 23.2 Å². The molecule has 0 N–H and O–H groups in total. The van der Waals surface area contributed by atoms with Crippen molar-refractivity contribution in [1.82, 2.24) is 9.97 Å². The van der Waals surface area contributed by atoms with Gasteiger partial charge < -0.3 is 4.74 Å².